The third-order valence-electron chi connectivity index (χ3n) is 6.26. The van der Waals surface area contributed by atoms with Gasteiger partial charge in [-0.05, 0) is 56.0 Å². The van der Waals surface area contributed by atoms with Gasteiger partial charge in [0.1, 0.15) is 11.8 Å². The van der Waals surface area contributed by atoms with Crippen molar-refractivity contribution in [2.45, 2.75) is 59.2 Å². The molecule has 5 heteroatoms. The first kappa shape index (κ1) is 26.0. The molecule has 0 aromatic heterocycles. The van der Waals surface area contributed by atoms with Crippen LogP contribution in [0.25, 0.3) is 0 Å². The molecule has 0 saturated carbocycles. The van der Waals surface area contributed by atoms with Crippen molar-refractivity contribution in [1.82, 2.24) is 10.2 Å². The molecule has 2 amide bonds. The Balaban J connectivity index is 1.91. The van der Waals surface area contributed by atoms with Gasteiger partial charge in [-0.1, -0.05) is 79.2 Å². The number of carbonyl (C=O) groups is 2. The molecule has 35 heavy (non-hydrogen) atoms. The average molecular weight is 473 g/mol. The van der Waals surface area contributed by atoms with Crippen LogP contribution in [0.3, 0.4) is 0 Å². The van der Waals surface area contributed by atoms with Gasteiger partial charge in [-0.2, -0.15) is 0 Å². The summed E-state index contributed by atoms with van der Waals surface area (Å²) in [5.74, 6) is 0.248. The number of carbonyl (C=O) groups excluding carboxylic acids is 2. The van der Waals surface area contributed by atoms with Gasteiger partial charge in [0.25, 0.3) is 5.91 Å². The number of rotatable bonds is 11. The quantitative estimate of drug-likeness (QED) is 0.415. The van der Waals surface area contributed by atoms with E-state index in [-0.39, 0.29) is 24.5 Å². The highest BCUT2D eigenvalue weighted by atomic mass is 16.5. The Bertz CT molecular complexity index is 1100. The Hall–Kier alpha value is -3.60. The summed E-state index contributed by atoms with van der Waals surface area (Å²) in [6, 6.07) is 24.7. The molecule has 184 valence electrons. The summed E-state index contributed by atoms with van der Waals surface area (Å²) in [6.07, 6.45) is 1.23. The van der Waals surface area contributed by atoms with E-state index >= 15 is 0 Å². The second-order valence-corrected chi connectivity index (χ2v) is 9.07. The lowest BCUT2D eigenvalue weighted by Gasteiger charge is -2.32. The molecule has 3 aromatic carbocycles. The number of nitrogens with one attached hydrogen (secondary N) is 1. The van der Waals surface area contributed by atoms with E-state index in [4.69, 9.17) is 4.74 Å². The molecular weight excluding hydrogens is 436 g/mol. The van der Waals surface area contributed by atoms with Gasteiger partial charge in [-0.15, -0.1) is 0 Å². The Labute approximate surface area is 209 Å². The Morgan fingerprint density at radius 3 is 2.23 bits per heavy atom. The maximum Gasteiger partial charge on any atom is 0.261 e. The normalized spacial score (nSPS) is 12.5. The molecule has 0 bridgehead atoms. The van der Waals surface area contributed by atoms with Crippen LogP contribution >= 0.6 is 0 Å². The molecule has 0 fully saturated rings. The van der Waals surface area contributed by atoms with E-state index in [0.29, 0.717) is 18.7 Å². The highest BCUT2D eigenvalue weighted by molar-refractivity contribution is 5.88. The standard InChI is InChI=1S/C30H36N2O3/c1-5-24(4)31-30(34)28(19-25-12-7-6-8-13-25)32(20-26-14-10-9-11-23(26)3)29(33)21-35-27-17-15-22(2)16-18-27/h6-18,24,28H,5,19-21H2,1-4H3,(H,31,34)/t24-,28+/m1/s1. The minimum absolute atomic E-state index is 0.0139. The Kier molecular flexibility index (Phi) is 9.47. The van der Waals surface area contributed by atoms with Gasteiger partial charge >= 0.3 is 0 Å². The van der Waals surface area contributed by atoms with Gasteiger partial charge in [-0.25, -0.2) is 0 Å². The maximum atomic E-state index is 13.6. The van der Waals surface area contributed by atoms with Crippen molar-refractivity contribution in [2.75, 3.05) is 6.61 Å². The summed E-state index contributed by atoms with van der Waals surface area (Å²) < 4.78 is 5.83. The average Bonchev–Trinajstić information content (AvgIpc) is 2.87. The SMILES string of the molecule is CC[C@@H](C)NC(=O)[C@H](Cc1ccccc1)N(Cc1ccccc1C)C(=O)COc1ccc(C)cc1. The molecule has 5 nitrogen and oxygen atoms in total. The highest BCUT2D eigenvalue weighted by Crippen LogP contribution is 2.18. The molecule has 0 saturated heterocycles. The van der Waals surface area contributed by atoms with E-state index in [1.165, 1.54) is 0 Å². The minimum Gasteiger partial charge on any atom is -0.484 e. The first-order chi connectivity index (χ1) is 16.9. The molecule has 0 heterocycles. The van der Waals surface area contributed by atoms with E-state index in [2.05, 4.69) is 5.32 Å². The van der Waals surface area contributed by atoms with Crippen molar-refractivity contribution in [3.05, 3.63) is 101 Å². The van der Waals surface area contributed by atoms with Crippen LogP contribution in [0.1, 0.15) is 42.5 Å². The van der Waals surface area contributed by atoms with Crippen LogP contribution in [0.15, 0.2) is 78.9 Å². The highest BCUT2D eigenvalue weighted by Gasteiger charge is 2.31. The van der Waals surface area contributed by atoms with Crippen molar-refractivity contribution in [3.8, 4) is 5.75 Å². The minimum atomic E-state index is -0.667. The number of aryl methyl sites for hydroxylation is 2. The van der Waals surface area contributed by atoms with Gasteiger partial charge in [-0.3, -0.25) is 9.59 Å². The van der Waals surface area contributed by atoms with Crippen LogP contribution in [0.5, 0.6) is 5.75 Å². The molecule has 0 radical (unpaired) electrons. The van der Waals surface area contributed by atoms with Crippen LogP contribution in [0.4, 0.5) is 0 Å². The smallest absolute Gasteiger partial charge is 0.261 e. The summed E-state index contributed by atoms with van der Waals surface area (Å²) in [5, 5.41) is 3.09. The Morgan fingerprint density at radius 2 is 1.57 bits per heavy atom. The van der Waals surface area contributed by atoms with Crippen LogP contribution < -0.4 is 10.1 Å². The van der Waals surface area contributed by atoms with E-state index in [9.17, 15) is 9.59 Å². The zero-order valence-corrected chi connectivity index (χ0v) is 21.2. The molecule has 0 aliphatic heterocycles. The molecular formula is C30H36N2O3. The summed E-state index contributed by atoms with van der Waals surface area (Å²) in [4.78, 5) is 28.8. The number of hydrogen-bond acceptors (Lipinski definition) is 3. The molecule has 0 unspecified atom stereocenters. The fourth-order valence-corrected chi connectivity index (χ4v) is 3.83. The molecule has 0 aliphatic carbocycles. The largest absolute Gasteiger partial charge is 0.484 e. The van der Waals surface area contributed by atoms with Gasteiger partial charge < -0.3 is 15.0 Å². The van der Waals surface area contributed by atoms with Gasteiger partial charge in [0.2, 0.25) is 5.91 Å². The summed E-state index contributed by atoms with van der Waals surface area (Å²) in [7, 11) is 0. The summed E-state index contributed by atoms with van der Waals surface area (Å²) in [6.45, 7) is 8.22. The lowest BCUT2D eigenvalue weighted by molar-refractivity contribution is -0.143. The predicted molar refractivity (Wildman–Crippen MR) is 140 cm³/mol. The molecule has 3 aromatic rings. The second kappa shape index (κ2) is 12.7. The lowest BCUT2D eigenvalue weighted by Crippen LogP contribution is -2.53. The van der Waals surface area contributed by atoms with Crippen molar-refractivity contribution >= 4 is 11.8 Å². The molecule has 3 rings (SSSR count). The third kappa shape index (κ3) is 7.71. The first-order valence-corrected chi connectivity index (χ1v) is 12.2. The van der Waals surface area contributed by atoms with Gasteiger partial charge in [0, 0.05) is 19.0 Å². The van der Waals surface area contributed by atoms with Crippen molar-refractivity contribution in [2.24, 2.45) is 0 Å². The van der Waals surface area contributed by atoms with Crippen LogP contribution in [-0.4, -0.2) is 35.4 Å². The first-order valence-electron chi connectivity index (χ1n) is 12.2. The van der Waals surface area contributed by atoms with Crippen molar-refractivity contribution in [1.29, 1.82) is 0 Å². The lowest BCUT2D eigenvalue weighted by atomic mass is 10.0. The zero-order valence-electron chi connectivity index (χ0n) is 21.2. The van der Waals surface area contributed by atoms with Crippen LogP contribution in [-0.2, 0) is 22.6 Å². The third-order valence-corrected chi connectivity index (χ3v) is 6.26. The zero-order chi connectivity index (χ0) is 25.2. The molecule has 1 N–H and O–H groups in total. The van der Waals surface area contributed by atoms with Gasteiger partial charge in [0.05, 0.1) is 0 Å². The second-order valence-electron chi connectivity index (χ2n) is 9.07. The number of ether oxygens (including phenoxy) is 1. The molecule has 0 aliphatic rings. The summed E-state index contributed by atoms with van der Waals surface area (Å²) >= 11 is 0. The van der Waals surface area contributed by atoms with Crippen molar-refractivity contribution in [3.63, 3.8) is 0 Å². The van der Waals surface area contributed by atoms with Crippen LogP contribution in [0, 0.1) is 13.8 Å². The number of amides is 2. The molecule has 0 spiro atoms. The van der Waals surface area contributed by atoms with E-state index in [1.54, 1.807) is 4.90 Å². The van der Waals surface area contributed by atoms with Gasteiger partial charge in [0.15, 0.2) is 6.61 Å². The topological polar surface area (TPSA) is 58.6 Å². The predicted octanol–water partition coefficient (Wildman–Crippen LogP) is 5.24. The number of nitrogens with zero attached hydrogens (tertiary/aromatic N) is 1. The number of hydrogen-bond donors (Lipinski definition) is 1. The monoisotopic (exact) mass is 472 g/mol. The fraction of sp³-hybridized carbons (Fsp3) is 0.333. The van der Waals surface area contributed by atoms with E-state index in [0.717, 1.165) is 28.7 Å². The Morgan fingerprint density at radius 1 is 0.914 bits per heavy atom. The van der Waals surface area contributed by atoms with Crippen LogP contribution in [0.2, 0.25) is 0 Å². The van der Waals surface area contributed by atoms with E-state index < -0.39 is 6.04 Å². The fourth-order valence-electron chi connectivity index (χ4n) is 3.83. The van der Waals surface area contributed by atoms with E-state index in [1.807, 2.05) is 107 Å². The maximum absolute atomic E-state index is 13.6. The van der Waals surface area contributed by atoms with Crippen molar-refractivity contribution < 1.29 is 14.3 Å². The summed E-state index contributed by atoms with van der Waals surface area (Å²) in [5.41, 5.74) is 4.20. The number of benzene rings is 3. The molecule has 2 atom stereocenters.